The molecule has 94 valence electrons. The van der Waals surface area contributed by atoms with E-state index in [9.17, 15) is 4.79 Å². The smallest absolute Gasteiger partial charge is 0.220 e. The van der Waals surface area contributed by atoms with E-state index in [1.807, 2.05) is 30.3 Å². The first-order chi connectivity index (χ1) is 8.24. The molecule has 0 aliphatic rings. The molecule has 0 aliphatic heterocycles. The summed E-state index contributed by atoms with van der Waals surface area (Å²) in [6, 6.07) is 9.66. The van der Waals surface area contributed by atoms with Crippen molar-refractivity contribution in [1.82, 2.24) is 5.32 Å². The third-order valence-corrected chi connectivity index (χ3v) is 2.57. The van der Waals surface area contributed by atoms with E-state index in [4.69, 9.17) is 10.8 Å². The largest absolute Gasteiger partial charge is 0.396 e. The number of rotatable bonds is 7. The molecule has 0 saturated heterocycles. The maximum absolute atomic E-state index is 11.4. The third kappa shape index (κ3) is 5.47. The van der Waals surface area contributed by atoms with Gasteiger partial charge in [-0.2, -0.15) is 0 Å². The van der Waals surface area contributed by atoms with Gasteiger partial charge < -0.3 is 16.2 Å². The summed E-state index contributed by atoms with van der Waals surface area (Å²) >= 11 is 0. The molecule has 1 amide bonds. The zero-order chi connectivity index (χ0) is 12.5. The minimum Gasteiger partial charge on any atom is -0.396 e. The van der Waals surface area contributed by atoms with Crippen molar-refractivity contribution in [3.05, 3.63) is 35.9 Å². The molecule has 1 aromatic rings. The van der Waals surface area contributed by atoms with Gasteiger partial charge in [0, 0.05) is 25.6 Å². The number of hydrogen-bond donors (Lipinski definition) is 3. The topological polar surface area (TPSA) is 75.4 Å². The van der Waals surface area contributed by atoms with E-state index in [0.717, 1.165) is 5.56 Å². The van der Waals surface area contributed by atoms with Gasteiger partial charge >= 0.3 is 0 Å². The van der Waals surface area contributed by atoms with Crippen LogP contribution >= 0.6 is 0 Å². The van der Waals surface area contributed by atoms with Crippen molar-refractivity contribution in [2.75, 3.05) is 13.2 Å². The van der Waals surface area contributed by atoms with Crippen molar-refractivity contribution < 1.29 is 9.90 Å². The zero-order valence-corrected chi connectivity index (χ0v) is 9.93. The Morgan fingerprint density at radius 3 is 2.71 bits per heavy atom. The van der Waals surface area contributed by atoms with Gasteiger partial charge in [-0.25, -0.2) is 0 Å². The molecule has 0 bridgehead atoms. The Bertz CT molecular complexity index is 327. The molecular formula is C13H20N2O2. The summed E-state index contributed by atoms with van der Waals surface area (Å²) < 4.78 is 0. The van der Waals surface area contributed by atoms with Crippen LogP contribution in [0.4, 0.5) is 0 Å². The van der Waals surface area contributed by atoms with E-state index in [1.165, 1.54) is 0 Å². The minimum atomic E-state index is -0.0974. The Morgan fingerprint density at radius 2 is 2.06 bits per heavy atom. The molecule has 1 rings (SSSR count). The van der Waals surface area contributed by atoms with Crippen LogP contribution in [0.25, 0.3) is 0 Å². The summed E-state index contributed by atoms with van der Waals surface area (Å²) in [5, 5.41) is 11.3. The number of hydrogen-bond acceptors (Lipinski definition) is 3. The quantitative estimate of drug-likeness (QED) is 0.617. The number of carbonyl (C=O) groups excluding carboxylic acids is 1. The van der Waals surface area contributed by atoms with E-state index in [2.05, 4.69) is 5.32 Å². The van der Waals surface area contributed by atoms with E-state index < -0.39 is 0 Å². The first-order valence-corrected chi connectivity index (χ1v) is 5.92. The van der Waals surface area contributed by atoms with Gasteiger partial charge in [0.25, 0.3) is 0 Å². The second kappa shape index (κ2) is 7.81. The predicted molar refractivity (Wildman–Crippen MR) is 67.3 cm³/mol. The Kier molecular flexibility index (Phi) is 6.29. The predicted octanol–water partition coefficient (Wildman–Crippen LogP) is 0.965. The lowest BCUT2D eigenvalue weighted by Gasteiger charge is -2.11. The molecule has 0 heterocycles. The number of amides is 1. The monoisotopic (exact) mass is 236 g/mol. The summed E-state index contributed by atoms with van der Waals surface area (Å²) in [6.07, 6.45) is 1.65. The van der Waals surface area contributed by atoms with Crippen molar-refractivity contribution in [2.24, 2.45) is 5.73 Å². The van der Waals surface area contributed by atoms with Crippen LogP contribution in [0.3, 0.4) is 0 Å². The third-order valence-electron chi connectivity index (χ3n) is 2.57. The lowest BCUT2D eigenvalue weighted by molar-refractivity contribution is -0.121. The molecule has 1 aromatic carbocycles. The molecule has 4 nitrogen and oxygen atoms in total. The van der Waals surface area contributed by atoms with Gasteiger partial charge in [0.15, 0.2) is 0 Å². The number of carbonyl (C=O) groups is 1. The van der Waals surface area contributed by atoms with Crippen molar-refractivity contribution in [2.45, 2.75) is 25.3 Å². The Hall–Kier alpha value is -1.39. The maximum atomic E-state index is 11.4. The lowest BCUT2D eigenvalue weighted by atomic mass is 10.0. The molecule has 0 saturated carbocycles. The Labute approximate surface area is 102 Å². The molecule has 0 aromatic heterocycles. The molecule has 0 radical (unpaired) electrons. The van der Waals surface area contributed by atoms with Gasteiger partial charge in [-0.3, -0.25) is 4.79 Å². The Balaban J connectivity index is 2.24. The van der Waals surface area contributed by atoms with Crippen LogP contribution in [-0.2, 0) is 4.79 Å². The molecule has 1 unspecified atom stereocenters. The van der Waals surface area contributed by atoms with Gasteiger partial charge in [0.05, 0.1) is 0 Å². The van der Waals surface area contributed by atoms with Crippen LogP contribution < -0.4 is 11.1 Å². The highest BCUT2D eigenvalue weighted by Crippen LogP contribution is 2.14. The molecule has 0 aliphatic carbocycles. The van der Waals surface area contributed by atoms with E-state index in [0.29, 0.717) is 25.8 Å². The fourth-order valence-corrected chi connectivity index (χ4v) is 1.55. The summed E-state index contributed by atoms with van der Waals surface area (Å²) in [4.78, 5) is 11.4. The number of nitrogens with two attached hydrogens (primary N) is 1. The van der Waals surface area contributed by atoms with Gasteiger partial charge in [-0.1, -0.05) is 30.3 Å². The fraction of sp³-hybridized carbons (Fsp3) is 0.462. The lowest BCUT2D eigenvalue weighted by Crippen LogP contribution is -2.26. The second-order valence-corrected chi connectivity index (χ2v) is 3.98. The average Bonchev–Trinajstić information content (AvgIpc) is 2.37. The van der Waals surface area contributed by atoms with Crippen LogP contribution in [0.1, 0.15) is 30.9 Å². The number of aliphatic hydroxyl groups excluding tert-OH is 1. The molecular weight excluding hydrogens is 216 g/mol. The summed E-state index contributed by atoms with van der Waals surface area (Å²) in [5.74, 6) is -0.00942. The van der Waals surface area contributed by atoms with Crippen LogP contribution in [0.15, 0.2) is 30.3 Å². The minimum absolute atomic E-state index is 0.00942. The fourth-order valence-electron chi connectivity index (χ4n) is 1.55. The summed E-state index contributed by atoms with van der Waals surface area (Å²) in [5.41, 5.74) is 7.03. The van der Waals surface area contributed by atoms with Gasteiger partial charge in [0.2, 0.25) is 5.91 Å². The van der Waals surface area contributed by atoms with Crippen LogP contribution in [0.2, 0.25) is 0 Å². The molecule has 4 heteroatoms. The SMILES string of the molecule is NC(CCC(=O)NCCCO)c1ccccc1. The van der Waals surface area contributed by atoms with E-state index in [-0.39, 0.29) is 18.6 Å². The first-order valence-electron chi connectivity index (χ1n) is 5.92. The van der Waals surface area contributed by atoms with Crippen molar-refractivity contribution >= 4 is 5.91 Å². The highest BCUT2D eigenvalue weighted by atomic mass is 16.3. The second-order valence-electron chi connectivity index (χ2n) is 3.98. The number of nitrogens with one attached hydrogen (secondary N) is 1. The molecule has 1 atom stereocenters. The zero-order valence-electron chi connectivity index (χ0n) is 9.93. The van der Waals surface area contributed by atoms with Crippen molar-refractivity contribution in [1.29, 1.82) is 0 Å². The van der Waals surface area contributed by atoms with Gasteiger partial charge in [0.1, 0.15) is 0 Å². The summed E-state index contributed by atoms with van der Waals surface area (Å²) in [7, 11) is 0. The average molecular weight is 236 g/mol. The Morgan fingerprint density at radius 1 is 1.35 bits per heavy atom. The van der Waals surface area contributed by atoms with E-state index in [1.54, 1.807) is 0 Å². The summed E-state index contributed by atoms with van der Waals surface area (Å²) in [6.45, 7) is 0.625. The normalized spacial score (nSPS) is 12.1. The molecule has 17 heavy (non-hydrogen) atoms. The van der Waals surface area contributed by atoms with Crippen LogP contribution in [0.5, 0.6) is 0 Å². The molecule has 0 spiro atoms. The number of benzene rings is 1. The van der Waals surface area contributed by atoms with Crippen LogP contribution in [0, 0.1) is 0 Å². The van der Waals surface area contributed by atoms with Gasteiger partial charge in [-0.05, 0) is 18.4 Å². The highest BCUT2D eigenvalue weighted by Gasteiger charge is 2.08. The van der Waals surface area contributed by atoms with Crippen LogP contribution in [-0.4, -0.2) is 24.2 Å². The standard InChI is InChI=1S/C13H20N2O2/c14-12(11-5-2-1-3-6-11)7-8-13(17)15-9-4-10-16/h1-3,5-6,12,16H,4,7-10,14H2,(H,15,17). The first kappa shape index (κ1) is 13.7. The van der Waals surface area contributed by atoms with Crippen molar-refractivity contribution in [3.8, 4) is 0 Å². The highest BCUT2D eigenvalue weighted by molar-refractivity contribution is 5.75. The number of aliphatic hydroxyl groups is 1. The van der Waals surface area contributed by atoms with Crippen molar-refractivity contribution in [3.63, 3.8) is 0 Å². The molecule has 0 fully saturated rings. The van der Waals surface area contributed by atoms with Gasteiger partial charge in [-0.15, -0.1) is 0 Å². The van der Waals surface area contributed by atoms with E-state index >= 15 is 0 Å². The maximum Gasteiger partial charge on any atom is 0.220 e. The molecule has 4 N–H and O–H groups in total.